The number of carboxylic acids is 1. The second kappa shape index (κ2) is 9.18. The Hall–Kier alpha value is -4.07. The number of halogens is 3. The molecule has 0 fully saturated rings. The van der Waals surface area contributed by atoms with Gasteiger partial charge in [-0.15, -0.1) is 0 Å². The molecule has 0 aliphatic rings. The molecule has 0 saturated heterocycles. The summed E-state index contributed by atoms with van der Waals surface area (Å²) in [5.41, 5.74) is 0.951. The van der Waals surface area contributed by atoms with Crippen molar-refractivity contribution < 1.29 is 27.9 Å². The number of carboxylic acid groups (broad SMARTS) is 1. The number of nitrogens with one attached hydrogen (secondary N) is 1. The molecule has 0 aliphatic carbocycles. The largest absolute Gasteiger partial charge is 0.478 e. The van der Waals surface area contributed by atoms with Crippen molar-refractivity contribution in [2.24, 2.45) is 0 Å². The summed E-state index contributed by atoms with van der Waals surface area (Å²) in [6.07, 6.45) is 2.30. The molecule has 0 aliphatic heterocycles. The molecule has 0 spiro atoms. The molecular weight excluding hydrogens is 587 g/mol. The topological polar surface area (TPSA) is 115 Å². The number of hydrogen-bond donors (Lipinski definition) is 2. The van der Waals surface area contributed by atoms with E-state index < -0.39 is 22.2 Å². The zero-order valence-corrected chi connectivity index (χ0v) is 20.4. The van der Waals surface area contributed by atoms with Crippen molar-refractivity contribution in [3.05, 3.63) is 90.1 Å². The van der Waals surface area contributed by atoms with Crippen LogP contribution < -0.4 is 5.32 Å². The van der Waals surface area contributed by atoms with E-state index in [1.165, 1.54) is 39.7 Å². The number of nitrogens with zero attached hydrogens (tertiary/aromatic N) is 4. The maximum Gasteiger partial charge on any atom is 0.339 e. The Balaban J connectivity index is 1.56. The number of fused-ring (bicyclic) bond motifs is 1. The Bertz CT molecular complexity index is 1570. The molecule has 0 radical (unpaired) electrons. The van der Waals surface area contributed by atoms with Crippen LogP contribution in [0.25, 0.3) is 22.8 Å². The number of aromatic nitrogens is 4. The van der Waals surface area contributed by atoms with E-state index in [1.807, 2.05) is 0 Å². The monoisotopic (exact) mass is 603 g/mol. The molecule has 12 heteroatoms. The number of carbonyl (C=O) groups excluding carboxylic acids is 1. The van der Waals surface area contributed by atoms with Gasteiger partial charge in [0.1, 0.15) is 17.1 Å². The van der Waals surface area contributed by atoms with Crippen molar-refractivity contribution in [2.45, 2.75) is 10.4 Å². The first-order valence-electron chi connectivity index (χ1n) is 10.5. The minimum Gasteiger partial charge on any atom is -0.478 e. The lowest BCUT2D eigenvalue weighted by molar-refractivity contribution is 0.0698. The highest BCUT2D eigenvalue weighted by Gasteiger charge is 2.28. The molecule has 0 unspecified atom stereocenters. The predicted molar refractivity (Wildman–Crippen MR) is 134 cm³/mol. The zero-order valence-electron chi connectivity index (χ0n) is 18.2. The highest BCUT2D eigenvalue weighted by atomic mass is 127. The van der Waals surface area contributed by atoms with E-state index in [-0.39, 0.29) is 28.4 Å². The summed E-state index contributed by atoms with van der Waals surface area (Å²) in [6.45, 7) is 0. The van der Waals surface area contributed by atoms with E-state index in [2.05, 4.69) is 15.4 Å². The standard InChI is InChI=1S/C24H16F2IN5O4/c25-24(26,27)13-15-11-17(19-7-4-10-36-19)28-20-12-18(30-32(15)20)22(33)29-21-16(23(34)35)8-9-31(21)14-5-2-1-3-6-14/h1-12H,13H2,(H,29,33)(H,34,35). The number of anilines is 1. The molecule has 4 heterocycles. The fraction of sp³-hybridized carbons (Fsp3) is 0.0833. The summed E-state index contributed by atoms with van der Waals surface area (Å²) in [4.78, 5) is 29.3. The van der Waals surface area contributed by atoms with Crippen molar-refractivity contribution in [3.8, 4) is 17.1 Å². The average Bonchev–Trinajstić information content (AvgIpc) is 3.58. The van der Waals surface area contributed by atoms with Crippen LogP contribution in [0.15, 0.2) is 77.5 Å². The van der Waals surface area contributed by atoms with Gasteiger partial charge in [0.2, 0.25) is 0 Å². The highest BCUT2D eigenvalue weighted by Crippen LogP contribution is 2.30. The van der Waals surface area contributed by atoms with E-state index in [1.54, 1.807) is 42.5 Å². The second-order valence-electron chi connectivity index (χ2n) is 7.74. The Morgan fingerprint density at radius 3 is 2.56 bits per heavy atom. The molecule has 4 aromatic heterocycles. The van der Waals surface area contributed by atoms with Gasteiger partial charge in [0.05, 0.1) is 18.4 Å². The third-order valence-corrected chi connectivity index (χ3v) is 5.65. The van der Waals surface area contributed by atoms with E-state index in [0.29, 0.717) is 17.1 Å². The molecule has 0 saturated carbocycles. The summed E-state index contributed by atoms with van der Waals surface area (Å²) in [5.74, 6) is -1.56. The van der Waals surface area contributed by atoms with Gasteiger partial charge in [0, 0.05) is 18.0 Å². The van der Waals surface area contributed by atoms with Gasteiger partial charge in [-0.2, -0.15) is 13.9 Å². The number of aromatic carboxylic acids is 1. The van der Waals surface area contributed by atoms with Crippen LogP contribution >= 0.6 is 22.6 Å². The van der Waals surface area contributed by atoms with Crippen LogP contribution in [-0.4, -0.2) is 40.1 Å². The molecule has 5 rings (SSSR count). The molecule has 0 atom stereocenters. The third kappa shape index (κ3) is 4.71. The summed E-state index contributed by atoms with van der Waals surface area (Å²) in [6, 6.07) is 16.3. The Morgan fingerprint density at radius 1 is 1.11 bits per heavy atom. The Labute approximate surface area is 215 Å². The van der Waals surface area contributed by atoms with Crippen LogP contribution in [0, 0.1) is 0 Å². The van der Waals surface area contributed by atoms with Crippen LogP contribution in [0.1, 0.15) is 26.5 Å². The number of hydrogen-bond acceptors (Lipinski definition) is 5. The first-order valence-corrected chi connectivity index (χ1v) is 11.6. The summed E-state index contributed by atoms with van der Waals surface area (Å²) < 4.78 is 32.8. The fourth-order valence-corrected chi connectivity index (χ4v) is 4.13. The number of rotatable bonds is 7. The summed E-state index contributed by atoms with van der Waals surface area (Å²) in [7, 11) is 0. The summed E-state index contributed by atoms with van der Waals surface area (Å²) >= 11 is 1.04. The van der Waals surface area contributed by atoms with E-state index in [0.717, 1.165) is 22.6 Å². The zero-order chi connectivity index (χ0) is 25.4. The van der Waals surface area contributed by atoms with Crippen molar-refractivity contribution in [2.75, 3.05) is 5.32 Å². The lowest BCUT2D eigenvalue weighted by Gasteiger charge is -2.11. The number of carbonyl (C=O) groups is 2. The molecule has 36 heavy (non-hydrogen) atoms. The second-order valence-corrected chi connectivity index (χ2v) is 9.32. The molecule has 5 aromatic rings. The van der Waals surface area contributed by atoms with Gasteiger partial charge >= 0.3 is 9.90 Å². The normalized spacial score (nSPS) is 11.6. The third-order valence-electron chi connectivity index (χ3n) is 5.27. The first-order chi connectivity index (χ1) is 17.2. The molecule has 0 bridgehead atoms. The molecule has 1 aromatic carbocycles. The van der Waals surface area contributed by atoms with Gasteiger partial charge in [-0.3, -0.25) is 4.79 Å². The Kier molecular flexibility index (Phi) is 6.04. The summed E-state index contributed by atoms with van der Waals surface area (Å²) in [5, 5.41) is 16.4. The minimum atomic E-state index is -3.08. The molecule has 9 nitrogen and oxygen atoms in total. The number of benzene rings is 1. The van der Waals surface area contributed by atoms with Crippen LogP contribution in [0.3, 0.4) is 0 Å². The maximum atomic E-state index is 13.9. The van der Waals surface area contributed by atoms with E-state index in [9.17, 15) is 23.5 Å². The molecule has 2 N–H and O–H groups in total. The van der Waals surface area contributed by atoms with Crippen molar-refractivity contribution in [1.29, 1.82) is 0 Å². The average molecular weight is 603 g/mol. The SMILES string of the molecule is O=C(Nc1c(C(=O)O)ccn1-c1ccccc1)c1cc2nc(-c3ccco3)cc(CC(F)(F)I)n2n1. The van der Waals surface area contributed by atoms with E-state index in [4.69, 9.17) is 4.42 Å². The number of furan rings is 1. The van der Waals surface area contributed by atoms with Crippen molar-refractivity contribution in [1.82, 2.24) is 19.2 Å². The van der Waals surface area contributed by atoms with Crippen LogP contribution in [0.2, 0.25) is 0 Å². The quantitative estimate of drug-likeness (QED) is 0.193. The van der Waals surface area contributed by atoms with Gasteiger partial charge in [0.25, 0.3) is 5.91 Å². The smallest absolute Gasteiger partial charge is 0.339 e. The Morgan fingerprint density at radius 2 is 1.89 bits per heavy atom. The lowest BCUT2D eigenvalue weighted by atomic mass is 10.2. The molecular formula is C24H16F2IN5O4. The maximum absolute atomic E-state index is 13.9. The molecule has 182 valence electrons. The first kappa shape index (κ1) is 23.7. The number of alkyl halides is 3. The van der Waals surface area contributed by atoms with Gasteiger partial charge in [0.15, 0.2) is 17.1 Å². The van der Waals surface area contributed by atoms with Gasteiger partial charge in [-0.1, -0.05) is 18.2 Å². The lowest BCUT2D eigenvalue weighted by Crippen LogP contribution is -2.18. The van der Waals surface area contributed by atoms with Crippen LogP contribution in [0.5, 0.6) is 0 Å². The van der Waals surface area contributed by atoms with Gasteiger partial charge in [-0.05, 0) is 59.0 Å². The van der Waals surface area contributed by atoms with Gasteiger partial charge < -0.3 is 19.4 Å². The number of amides is 1. The number of para-hydroxylation sites is 1. The van der Waals surface area contributed by atoms with E-state index >= 15 is 0 Å². The fourth-order valence-electron chi connectivity index (χ4n) is 3.74. The minimum absolute atomic E-state index is 0.0269. The van der Waals surface area contributed by atoms with Gasteiger partial charge in [-0.25, -0.2) is 14.3 Å². The van der Waals surface area contributed by atoms with Crippen molar-refractivity contribution in [3.63, 3.8) is 0 Å². The molecule has 1 amide bonds. The highest BCUT2D eigenvalue weighted by molar-refractivity contribution is 14.1. The predicted octanol–water partition coefficient (Wildman–Crippen LogP) is 5.30. The van der Waals surface area contributed by atoms with Crippen LogP contribution in [-0.2, 0) is 6.42 Å². The van der Waals surface area contributed by atoms with Crippen LogP contribution in [0.4, 0.5) is 14.6 Å². The van der Waals surface area contributed by atoms with Crippen molar-refractivity contribution >= 4 is 45.9 Å².